The highest BCUT2D eigenvalue weighted by molar-refractivity contribution is 5.99. The van der Waals surface area contributed by atoms with E-state index in [1.807, 2.05) is 0 Å². The number of hydrogen-bond donors (Lipinski definition) is 1. The number of methoxy groups -OCH3 is 2. The van der Waals surface area contributed by atoms with Crippen LogP contribution in [0.25, 0.3) is 0 Å². The molecule has 0 spiro atoms. The molecule has 0 bridgehead atoms. The van der Waals surface area contributed by atoms with Crippen LogP contribution >= 0.6 is 0 Å². The van der Waals surface area contributed by atoms with E-state index in [1.165, 1.54) is 19.1 Å². The summed E-state index contributed by atoms with van der Waals surface area (Å²) in [4.78, 5) is 26.2. The number of ether oxygens (including phenoxy) is 2. The van der Waals surface area contributed by atoms with Gasteiger partial charge in [-0.2, -0.15) is 0 Å². The Kier molecular flexibility index (Phi) is 4.15. The molecule has 1 aliphatic carbocycles. The molecule has 1 aromatic carbocycles. The van der Waals surface area contributed by atoms with Gasteiger partial charge >= 0.3 is 5.97 Å². The Morgan fingerprint density at radius 3 is 2.65 bits per heavy atom. The maximum atomic E-state index is 13.0. The van der Waals surface area contributed by atoms with Gasteiger partial charge in [0.05, 0.1) is 19.8 Å². The zero-order valence-corrected chi connectivity index (χ0v) is 13.3. The molecule has 1 saturated carbocycles. The number of aliphatic carboxylic acids is 1. The lowest BCUT2D eigenvalue weighted by Gasteiger charge is -2.25. The molecule has 3 rings (SSSR count). The quantitative estimate of drug-likeness (QED) is 0.919. The van der Waals surface area contributed by atoms with E-state index in [4.69, 9.17) is 9.47 Å². The molecule has 2 aliphatic rings. The number of carboxylic acids is 1. The summed E-state index contributed by atoms with van der Waals surface area (Å²) in [7, 11) is 3.02. The lowest BCUT2D eigenvalue weighted by Crippen LogP contribution is -2.43. The Labute approximate surface area is 135 Å². The molecule has 3 unspecified atom stereocenters. The van der Waals surface area contributed by atoms with Crippen molar-refractivity contribution in [2.75, 3.05) is 20.8 Å². The average Bonchev–Trinajstić information content (AvgIpc) is 3.13. The number of hydrogen-bond acceptors (Lipinski definition) is 4. The number of carbonyl (C=O) groups excluding carboxylic acids is 1. The molecule has 0 radical (unpaired) electrons. The normalized spacial score (nSPS) is 26.0. The molecule has 1 aromatic rings. The van der Waals surface area contributed by atoms with E-state index >= 15 is 0 Å². The fourth-order valence-corrected chi connectivity index (χ4v) is 3.97. The molecule has 6 heteroatoms. The molecule has 1 saturated heterocycles. The maximum absolute atomic E-state index is 13.0. The van der Waals surface area contributed by atoms with Gasteiger partial charge in [-0.25, -0.2) is 4.79 Å². The van der Waals surface area contributed by atoms with Crippen molar-refractivity contribution >= 4 is 11.9 Å². The lowest BCUT2D eigenvalue weighted by molar-refractivity contribution is -0.142. The SMILES string of the molecule is COc1ccc(OC)c(C(=O)N2CC3CCCC3C2C(=O)O)c1. The number of fused-ring (bicyclic) bond motifs is 1. The Morgan fingerprint density at radius 2 is 2.00 bits per heavy atom. The lowest BCUT2D eigenvalue weighted by atomic mass is 9.94. The summed E-state index contributed by atoms with van der Waals surface area (Å²) < 4.78 is 10.4. The zero-order chi connectivity index (χ0) is 16.6. The summed E-state index contributed by atoms with van der Waals surface area (Å²) in [6.07, 6.45) is 2.91. The van der Waals surface area contributed by atoms with Gasteiger partial charge in [-0.3, -0.25) is 4.79 Å². The van der Waals surface area contributed by atoms with Crippen molar-refractivity contribution in [1.82, 2.24) is 4.90 Å². The molecule has 1 N–H and O–H groups in total. The molecule has 2 fully saturated rings. The second kappa shape index (κ2) is 6.10. The summed E-state index contributed by atoms with van der Waals surface area (Å²) in [6.45, 7) is 0.501. The van der Waals surface area contributed by atoms with Crippen LogP contribution in [0.2, 0.25) is 0 Å². The minimum atomic E-state index is -0.922. The van der Waals surface area contributed by atoms with E-state index in [-0.39, 0.29) is 17.7 Å². The van der Waals surface area contributed by atoms with Crippen molar-refractivity contribution in [2.45, 2.75) is 25.3 Å². The molecular weight excluding hydrogens is 298 g/mol. The van der Waals surface area contributed by atoms with Crippen molar-refractivity contribution in [3.8, 4) is 11.5 Å². The van der Waals surface area contributed by atoms with Gasteiger partial charge in [0, 0.05) is 6.54 Å². The summed E-state index contributed by atoms with van der Waals surface area (Å²) >= 11 is 0. The molecule has 0 aromatic heterocycles. The van der Waals surface area contributed by atoms with Crippen LogP contribution in [0.4, 0.5) is 0 Å². The first-order chi connectivity index (χ1) is 11.1. The minimum absolute atomic E-state index is 0.0630. The van der Waals surface area contributed by atoms with Gasteiger partial charge in [-0.1, -0.05) is 6.42 Å². The number of amides is 1. The Hall–Kier alpha value is -2.24. The second-order valence-electron chi connectivity index (χ2n) is 6.16. The molecule has 3 atom stereocenters. The van der Waals surface area contributed by atoms with E-state index in [0.717, 1.165) is 19.3 Å². The van der Waals surface area contributed by atoms with Crippen LogP contribution in [-0.2, 0) is 4.79 Å². The zero-order valence-electron chi connectivity index (χ0n) is 13.3. The van der Waals surface area contributed by atoms with E-state index in [9.17, 15) is 14.7 Å². The number of carbonyl (C=O) groups is 2. The standard InChI is InChI=1S/C17H21NO5/c1-22-11-6-7-14(23-2)13(8-11)16(19)18-9-10-4-3-5-12(10)15(18)17(20)21/h6-8,10,12,15H,3-5,9H2,1-2H3,(H,20,21). The van der Waals surface area contributed by atoms with Gasteiger partial charge in [0.1, 0.15) is 17.5 Å². The van der Waals surface area contributed by atoms with E-state index in [2.05, 4.69) is 0 Å². The first-order valence-electron chi connectivity index (χ1n) is 7.82. The van der Waals surface area contributed by atoms with Gasteiger partial charge in [0.25, 0.3) is 5.91 Å². The van der Waals surface area contributed by atoms with Crippen molar-refractivity contribution in [2.24, 2.45) is 11.8 Å². The molecule has 6 nitrogen and oxygen atoms in total. The predicted octanol–water partition coefficient (Wildman–Crippen LogP) is 2.03. The summed E-state index contributed by atoms with van der Waals surface area (Å²) in [6, 6.07) is 4.24. The molecule has 1 aliphatic heterocycles. The van der Waals surface area contributed by atoms with E-state index in [0.29, 0.717) is 23.6 Å². The molecule has 1 heterocycles. The van der Waals surface area contributed by atoms with Crippen LogP contribution < -0.4 is 9.47 Å². The van der Waals surface area contributed by atoms with Gasteiger partial charge in [0.15, 0.2) is 0 Å². The van der Waals surface area contributed by atoms with Crippen molar-refractivity contribution in [1.29, 1.82) is 0 Å². The highest BCUT2D eigenvalue weighted by Gasteiger charge is 2.49. The van der Waals surface area contributed by atoms with Crippen LogP contribution in [0, 0.1) is 11.8 Å². The Balaban J connectivity index is 1.95. The number of nitrogens with zero attached hydrogens (tertiary/aromatic N) is 1. The first kappa shape index (κ1) is 15.6. The van der Waals surface area contributed by atoms with Crippen LogP contribution in [0.3, 0.4) is 0 Å². The minimum Gasteiger partial charge on any atom is -0.497 e. The highest BCUT2D eigenvalue weighted by Crippen LogP contribution is 2.43. The third-order valence-electron chi connectivity index (χ3n) is 5.04. The summed E-state index contributed by atoms with van der Waals surface area (Å²) in [5.74, 6) is 0.0966. The fraction of sp³-hybridized carbons (Fsp3) is 0.529. The monoisotopic (exact) mass is 319 g/mol. The van der Waals surface area contributed by atoms with Crippen molar-refractivity contribution in [3.05, 3.63) is 23.8 Å². The topological polar surface area (TPSA) is 76.1 Å². The number of rotatable bonds is 4. The van der Waals surface area contributed by atoms with Gasteiger partial charge in [-0.05, 0) is 42.9 Å². The highest BCUT2D eigenvalue weighted by atomic mass is 16.5. The van der Waals surface area contributed by atoms with Gasteiger partial charge < -0.3 is 19.5 Å². The molecule has 124 valence electrons. The van der Waals surface area contributed by atoms with Crippen LogP contribution in [-0.4, -0.2) is 48.7 Å². The third-order valence-corrected chi connectivity index (χ3v) is 5.04. The van der Waals surface area contributed by atoms with Crippen LogP contribution in [0.15, 0.2) is 18.2 Å². The van der Waals surface area contributed by atoms with Gasteiger partial charge in [0.2, 0.25) is 0 Å². The Bertz CT molecular complexity index is 629. The summed E-state index contributed by atoms with van der Waals surface area (Å²) in [5, 5.41) is 9.60. The molecule has 23 heavy (non-hydrogen) atoms. The average molecular weight is 319 g/mol. The number of likely N-dealkylation sites (tertiary alicyclic amines) is 1. The molecular formula is C17H21NO5. The van der Waals surface area contributed by atoms with Crippen molar-refractivity contribution in [3.63, 3.8) is 0 Å². The summed E-state index contributed by atoms with van der Waals surface area (Å²) in [5.41, 5.74) is 0.345. The van der Waals surface area contributed by atoms with E-state index in [1.54, 1.807) is 18.2 Å². The smallest absolute Gasteiger partial charge is 0.326 e. The van der Waals surface area contributed by atoms with Crippen molar-refractivity contribution < 1.29 is 24.2 Å². The largest absolute Gasteiger partial charge is 0.497 e. The third kappa shape index (κ3) is 2.62. The Morgan fingerprint density at radius 1 is 1.22 bits per heavy atom. The fourth-order valence-electron chi connectivity index (χ4n) is 3.97. The second-order valence-corrected chi connectivity index (χ2v) is 6.16. The number of benzene rings is 1. The van der Waals surface area contributed by atoms with Gasteiger partial charge in [-0.15, -0.1) is 0 Å². The number of carboxylic acid groups (broad SMARTS) is 1. The van der Waals surface area contributed by atoms with Crippen LogP contribution in [0.1, 0.15) is 29.6 Å². The predicted molar refractivity (Wildman–Crippen MR) is 82.8 cm³/mol. The maximum Gasteiger partial charge on any atom is 0.326 e. The van der Waals surface area contributed by atoms with Crippen LogP contribution in [0.5, 0.6) is 11.5 Å². The molecule has 1 amide bonds. The van der Waals surface area contributed by atoms with E-state index < -0.39 is 12.0 Å². The first-order valence-corrected chi connectivity index (χ1v) is 7.82.